The molecule has 3 rings (SSSR count). The van der Waals surface area contributed by atoms with E-state index in [-0.39, 0.29) is 11.8 Å². The zero-order valence-corrected chi connectivity index (χ0v) is 11.1. The fourth-order valence-corrected chi connectivity index (χ4v) is 2.75. The van der Waals surface area contributed by atoms with Crippen molar-refractivity contribution in [2.24, 2.45) is 11.7 Å². The van der Waals surface area contributed by atoms with Gasteiger partial charge in [0.15, 0.2) is 0 Å². The van der Waals surface area contributed by atoms with Gasteiger partial charge in [-0.2, -0.15) is 0 Å². The molecule has 1 aliphatic rings. The van der Waals surface area contributed by atoms with Gasteiger partial charge in [0.05, 0.1) is 0 Å². The third-order valence-corrected chi connectivity index (χ3v) is 4.00. The van der Waals surface area contributed by atoms with Crippen LogP contribution in [0.15, 0.2) is 30.5 Å². The van der Waals surface area contributed by atoms with Gasteiger partial charge in [-0.1, -0.05) is 13.0 Å². The molecule has 19 heavy (non-hydrogen) atoms. The molecule has 2 heterocycles. The minimum Gasteiger partial charge on any atom is -0.508 e. The highest BCUT2D eigenvalue weighted by Crippen LogP contribution is 2.30. The highest BCUT2D eigenvalue weighted by atomic mass is 16.3. The Bertz CT molecular complexity index is 599. The van der Waals surface area contributed by atoms with Gasteiger partial charge in [0.1, 0.15) is 11.6 Å². The molecule has 1 aromatic carbocycles. The van der Waals surface area contributed by atoms with Crippen molar-refractivity contribution in [3.63, 3.8) is 0 Å². The standard InChI is InChI=1S/C15H19N3O/c1-10-9-18(7-5-14(10)16)15-13-8-12(19)3-2-11(13)4-6-17-15/h2-4,6,8,10,14,19H,5,7,9,16H2,1H3. The van der Waals surface area contributed by atoms with Crippen molar-refractivity contribution in [2.75, 3.05) is 18.0 Å². The van der Waals surface area contributed by atoms with Gasteiger partial charge in [0.25, 0.3) is 0 Å². The van der Waals surface area contributed by atoms with Crippen molar-refractivity contribution in [2.45, 2.75) is 19.4 Å². The summed E-state index contributed by atoms with van der Waals surface area (Å²) >= 11 is 0. The number of fused-ring (bicyclic) bond motifs is 1. The molecule has 1 aromatic heterocycles. The van der Waals surface area contributed by atoms with E-state index in [0.717, 1.165) is 36.1 Å². The molecule has 1 fully saturated rings. The quantitative estimate of drug-likeness (QED) is 0.821. The Morgan fingerprint density at radius 2 is 2.21 bits per heavy atom. The SMILES string of the molecule is CC1CN(c2nccc3ccc(O)cc23)CCC1N. The number of aromatic hydroxyl groups is 1. The van der Waals surface area contributed by atoms with Gasteiger partial charge >= 0.3 is 0 Å². The van der Waals surface area contributed by atoms with Crippen LogP contribution in [0, 0.1) is 5.92 Å². The average Bonchev–Trinajstić information content (AvgIpc) is 2.41. The molecule has 0 spiro atoms. The number of hydrogen-bond donors (Lipinski definition) is 2. The number of benzene rings is 1. The summed E-state index contributed by atoms with van der Waals surface area (Å²) in [6.45, 7) is 4.02. The summed E-state index contributed by atoms with van der Waals surface area (Å²) in [7, 11) is 0. The van der Waals surface area contributed by atoms with E-state index in [9.17, 15) is 5.11 Å². The van der Waals surface area contributed by atoms with Crippen molar-refractivity contribution in [3.8, 4) is 5.75 Å². The van der Waals surface area contributed by atoms with E-state index < -0.39 is 0 Å². The van der Waals surface area contributed by atoms with Crippen LogP contribution in [0.25, 0.3) is 10.8 Å². The van der Waals surface area contributed by atoms with Crippen LogP contribution in [0.3, 0.4) is 0 Å². The number of phenols is 1. The lowest BCUT2D eigenvalue weighted by Gasteiger charge is -2.36. The van der Waals surface area contributed by atoms with Gasteiger partial charge in [-0.25, -0.2) is 4.98 Å². The number of piperidine rings is 1. The predicted octanol–water partition coefficient (Wildman–Crippen LogP) is 2.11. The Morgan fingerprint density at radius 3 is 3.00 bits per heavy atom. The van der Waals surface area contributed by atoms with Crippen LogP contribution in [-0.2, 0) is 0 Å². The molecule has 2 atom stereocenters. The molecule has 0 saturated carbocycles. The summed E-state index contributed by atoms with van der Waals surface area (Å²) in [5.74, 6) is 1.69. The lowest BCUT2D eigenvalue weighted by Crippen LogP contribution is -2.46. The second-order valence-corrected chi connectivity index (χ2v) is 5.42. The second-order valence-electron chi connectivity index (χ2n) is 5.42. The third-order valence-electron chi connectivity index (χ3n) is 4.00. The summed E-state index contributed by atoms with van der Waals surface area (Å²) in [6, 6.07) is 7.67. The Labute approximate surface area is 112 Å². The fraction of sp³-hybridized carbons (Fsp3) is 0.400. The van der Waals surface area contributed by atoms with Gasteiger partial charge in [0.2, 0.25) is 0 Å². The van der Waals surface area contributed by atoms with Crippen LogP contribution in [0.4, 0.5) is 5.82 Å². The third kappa shape index (κ3) is 2.24. The normalized spacial score (nSPS) is 23.8. The molecule has 3 N–H and O–H groups in total. The first-order valence-electron chi connectivity index (χ1n) is 6.73. The van der Waals surface area contributed by atoms with Gasteiger partial charge in [-0.15, -0.1) is 0 Å². The lowest BCUT2D eigenvalue weighted by atomic mass is 9.94. The van der Waals surface area contributed by atoms with E-state index in [1.54, 1.807) is 12.1 Å². The van der Waals surface area contributed by atoms with Crippen molar-refractivity contribution in [1.29, 1.82) is 0 Å². The predicted molar refractivity (Wildman–Crippen MR) is 77.4 cm³/mol. The van der Waals surface area contributed by atoms with Crippen LogP contribution in [0.2, 0.25) is 0 Å². The molecule has 1 aliphatic heterocycles. The first-order valence-corrected chi connectivity index (χ1v) is 6.73. The average molecular weight is 257 g/mol. The van der Waals surface area contributed by atoms with Crippen molar-refractivity contribution >= 4 is 16.6 Å². The molecule has 4 nitrogen and oxygen atoms in total. The Balaban J connectivity index is 2.03. The topological polar surface area (TPSA) is 62.4 Å². The van der Waals surface area contributed by atoms with Crippen LogP contribution in [0.1, 0.15) is 13.3 Å². The molecule has 0 radical (unpaired) electrons. The summed E-state index contributed by atoms with van der Waals surface area (Å²) in [4.78, 5) is 6.78. The molecule has 1 saturated heterocycles. The Hall–Kier alpha value is -1.81. The van der Waals surface area contributed by atoms with Crippen molar-refractivity contribution < 1.29 is 5.11 Å². The monoisotopic (exact) mass is 257 g/mol. The number of nitrogens with zero attached hydrogens (tertiary/aromatic N) is 2. The maximum absolute atomic E-state index is 9.68. The molecule has 4 heteroatoms. The van der Waals surface area contributed by atoms with E-state index in [2.05, 4.69) is 16.8 Å². The van der Waals surface area contributed by atoms with E-state index in [1.807, 2.05) is 18.3 Å². The Kier molecular flexibility index (Phi) is 3.03. The van der Waals surface area contributed by atoms with Crippen LogP contribution >= 0.6 is 0 Å². The minimum absolute atomic E-state index is 0.277. The molecule has 2 aromatic rings. The zero-order chi connectivity index (χ0) is 13.4. The molecule has 0 bridgehead atoms. The molecule has 0 amide bonds. The largest absolute Gasteiger partial charge is 0.508 e. The first kappa shape index (κ1) is 12.2. The maximum atomic E-state index is 9.68. The minimum atomic E-state index is 0.277. The van der Waals surface area contributed by atoms with E-state index >= 15 is 0 Å². The zero-order valence-electron chi connectivity index (χ0n) is 11.1. The van der Waals surface area contributed by atoms with Gasteiger partial charge in [-0.05, 0) is 35.9 Å². The maximum Gasteiger partial charge on any atom is 0.136 e. The first-order chi connectivity index (χ1) is 9.15. The summed E-state index contributed by atoms with van der Waals surface area (Å²) in [6.07, 6.45) is 2.81. The molecule has 2 unspecified atom stereocenters. The second kappa shape index (κ2) is 4.70. The number of phenolic OH excluding ortho intramolecular Hbond substituents is 1. The number of aromatic nitrogens is 1. The number of rotatable bonds is 1. The van der Waals surface area contributed by atoms with Crippen LogP contribution < -0.4 is 10.6 Å². The lowest BCUT2D eigenvalue weighted by molar-refractivity contribution is 0.382. The van der Waals surface area contributed by atoms with Gasteiger partial charge in [0, 0.05) is 30.7 Å². The molecule has 0 aliphatic carbocycles. The fourth-order valence-electron chi connectivity index (χ4n) is 2.75. The number of nitrogens with two attached hydrogens (primary N) is 1. The molecule has 100 valence electrons. The highest BCUT2D eigenvalue weighted by molar-refractivity contribution is 5.93. The van der Waals surface area contributed by atoms with Crippen LogP contribution in [-0.4, -0.2) is 29.2 Å². The number of pyridine rings is 1. The highest BCUT2D eigenvalue weighted by Gasteiger charge is 2.24. The van der Waals surface area contributed by atoms with Gasteiger partial charge < -0.3 is 15.7 Å². The number of anilines is 1. The summed E-state index contributed by atoms with van der Waals surface area (Å²) < 4.78 is 0. The molecular formula is C15H19N3O. The summed E-state index contributed by atoms with van der Waals surface area (Å²) in [5, 5.41) is 11.8. The Morgan fingerprint density at radius 1 is 1.37 bits per heavy atom. The van der Waals surface area contributed by atoms with Gasteiger partial charge in [-0.3, -0.25) is 0 Å². The van der Waals surface area contributed by atoms with E-state index in [4.69, 9.17) is 5.73 Å². The molecular weight excluding hydrogens is 238 g/mol. The van der Waals surface area contributed by atoms with Crippen molar-refractivity contribution in [3.05, 3.63) is 30.5 Å². The van der Waals surface area contributed by atoms with Crippen LogP contribution in [0.5, 0.6) is 5.75 Å². The van der Waals surface area contributed by atoms with E-state index in [0.29, 0.717) is 5.92 Å². The van der Waals surface area contributed by atoms with Crippen molar-refractivity contribution in [1.82, 2.24) is 4.98 Å². The smallest absolute Gasteiger partial charge is 0.136 e. The summed E-state index contributed by atoms with van der Waals surface area (Å²) in [5.41, 5.74) is 6.07. The van der Waals surface area contributed by atoms with E-state index in [1.165, 1.54) is 0 Å². The number of hydrogen-bond acceptors (Lipinski definition) is 4.